The average molecular weight is 265 g/mol. The highest BCUT2D eigenvalue weighted by molar-refractivity contribution is 8.13. The van der Waals surface area contributed by atoms with Crippen LogP contribution in [-0.4, -0.2) is 29.5 Å². The van der Waals surface area contributed by atoms with Crippen molar-refractivity contribution in [1.29, 1.82) is 0 Å². The van der Waals surface area contributed by atoms with Crippen molar-refractivity contribution in [2.75, 3.05) is 19.3 Å². The lowest BCUT2D eigenvalue weighted by Crippen LogP contribution is -2.30. The summed E-state index contributed by atoms with van der Waals surface area (Å²) < 4.78 is 0. The Morgan fingerprint density at radius 2 is 1.89 bits per heavy atom. The first-order valence-corrected chi connectivity index (χ1v) is 7.47. The first-order valence-electron chi connectivity index (χ1n) is 6.49. The Labute approximate surface area is 115 Å². The second kappa shape index (κ2) is 7.47. The number of hydrogen-bond acceptors (Lipinski definition) is 2. The molecule has 18 heavy (non-hydrogen) atoms. The summed E-state index contributed by atoms with van der Waals surface area (Å²) in [5, 5.41) is 0.166. The molecule has 0 aliphatic rings. The summed E-state index contributed by atoms with van der Waals surface area (Å²) in [5.74, 6) is 1.76. The van der Waals surface area contributed by atoms with E-state index in [2.05, 4.69) is 38.1 Å². The quantitative estimate of drug-likeness (QED) is 0.794. The van der Waals surface area contributed by atoms with E-state index in [1.165, 1.54) is 17.3 Å². The van der Waals surface area contributed by atoms with Gasteiger partial charge in [0.25, 0.3) is 5.24 Å². The van der Waals surface area contributed by atoms with Crippen LogP contribution < -0.4 is 0 Å². The van der Waals surface area contributed by atoms with Crippen molar-refractivity contribution in [1.82, 2.24) is 4.90 Å². The molecule has 0 heterocycles. The Hall–Kier alpha value is -0.960. The lowest BCUT2D eigenvalue weighted by Gasteiger charge is -2.27. The van der Waals surface area contributed by atoms with E-state index in [9.17, 15) is 4.79 Å². The lowest BCUT2D eigenvalue weighted by molar-refractivity contribution is 0.226. The van der Waals surface area contributed by atoms with Crippen LogP contribution in [0.4, 0.5) is 4.79 Å². The smallest absolute Gasteiger partial charge is 0.281 e. The molecule has 0 radical (unpaired) electrons. The molecule has 0 aliphatic heterocycles. The zero-order valence-electron chi connectivity index (χ0n) is 11.7. The summed E-state index contributed by atoms with van der Waals surface area (Å²) in [6.45, 7) is 7.22. The van der Waals surface area contributed by atoms with Crippen LogP contribution in [0, 0.1) is 5.92 Å². The molecule has 1 unspecified atom stereocenters. The molecule has 0 bridgehead atoms. The van der Waals surface area contributed by atoms with Crippen LogP contribution in [0.25, 0.3) is 0 Å². The van der Waals surface area contributed by atoms with Gasteiger partial charge in [0.05, 0.1) is 0 Å². The highest BCUT2D eigenvalue weighted by Gasteiger charge is 2.20. The second-order valence-corrected chi connectivity index (χ2v) is 6.06. The molecule has 2 nitrogen and oxygen atoms in total. The van der Waals surface area contributed by atoms with Crippen molar-refractivity contribution >= 4 is 17.0 Å². The molecular formula is C15H23NOS. The molecule has 1 aromatic rings. The number of carbonyl (C=O) groups is 1. The van der Waals surface area contributed by atoms with Crippen LogP contribution >= 0.6 is 11.8 Å². The number of nitrogens with zero attached hydrogens (tertiary/aromatic N) is 1. The molecule has 1 aromatic carbocycles. The fraction of sp³-hybridized carbons (Fsp3) is 0.533. The van der Waals surface area contributed by atoms with Crippen molar-refractivity contribution in [2.45, 2.75) is 26.7 Å². The third kappa shape index (κ3) is 4.37. The van der Waals surface area contributed by atoms with Gasteiger partial charge in [-0.2, -0.15) is 0 Å². The normalized spacial score (nSPS) is 12.5. The van der Waals surface area contributed by atoms with Crippen molar-refractivity contribution < 1.29 is 4.79 Å². The molecule has 100 valence electrons. The van der Waals surface area contributed by atoms with Crippen molar-refractivity contribution in [3.05, 3.63) is 35.9 Å². The van der Waals surface area contributed by atoms with E-state index in [4.69, 9.17) is 0 Å². The van der Waals surface area contributed by atoms with Gasteiger partial charge in [-0.15, -0.1) is 0 Å². The molecule has 0 aromatic heterocycles. The zero-order valence-corrected chi connectivity index (χ0v) is 12.5. The van der Waals surface area contributed by atoms with E-state index in [1.54, 1.807) is 0 Å². The number of rotatable bonds is 5. The van der Waals surface area contributed by atoms with Gasteiger partial charge in [-0.25, -0.2) is 0 Å². The van der Waals surface area contributed by atoms with Crippen LogP contribution in [-0.2, 0) is 0 Å². The number of carbonyl (C=O) groups excluding carboxylic acids is 1. The van der Waals surface area contributed by atoms with E-state index < -0.39 is 0 Å². The molecule has 0 saturated carbocycles. The van der Waals surface area contributed by atoms with Gasteiger partial charge in [0.2, 0.25) is 0 Å². The average Bonchev–Trinajstić information content (AvgIpc) is 2.36. The maximum atomic E-state index is 11.8. The van der Waals surface area contributed by atoms with E-state index in [0.29, 0.717) is 11.8 Å². The Bertz CT molecular complexity index is 364. The number of likely N-dealkylation sites (N-methyl/N-ethyl adjacent to an activating group) is 1. The summed E-state index contributed by atoms with van der Waals surface area (Å²) in [6.07, 6.45) is 0. The van der Waals surface area contributed by atoms with Gasteiger partial charge >= 0.3 is 0 Å². The first-order chi connectivity index (χ1) is 8.56. The van der Waals surface area contributed by atoms with Crippen molar-refractivity contribution in [3.63, 3.8) is 0 Å². The molecular weight excluding hydrogens is 242 g/mol. The molecule has 1 amide bonds. The number of amides is 1. The SMILES string of the molecule is CCSC(=O)N(C)CC(c1ccccc1)C(C)C. The Morgan fingerprint density at radius 1 is 1.28 bits per heavy atom. The molecule has 0 aliphatic carbocycles. The maximum absolute atomic E-state index is 11.8. The zero-order chi connectivity index (χ0) is 13.5. The third-order valence-electron chi connectivity index (χ3n) is 3.08. The van der Waals surface area contributed by atoms with Crippen molar-refractivity contribution in [2.24, 2.45) is 5.92 Å². The van der Waals surface area contributed by atoms with Gasteiger partial charge < -0.3 is 4.90 Å². The summed E-state index contributed by atoms with van der Waals surface area (Å²) in [6, 6.07) is 10.5. The molecule has 0 saturated heterocycles. The third-order valence-corrected chi connectivity index (χ3v) is 3.93. The Balaban J connectivity index is 2.73. The first kappa shape index (κ1) is 15.1. The minimum absolute atomic E-state index is 0.166. The minimum atomic E-state index is 0.166. The highest BCUT2D eigenvalue weighted by atomic mass is 32.2. The van der Waals surface area contributed by atoms with Crippen LogP contribution in [0.3, 0.4) is 0 Å². The van der Waals surface area contributed by atoms with Crippen LogP contribution in [0.5, 0.6) is 0 Å². The van der Waals surface area contributed by atoms with E-state index in [-0.39, 0.29) is 5.24 Å². The standard InChI is InChI=1S/C15H23NOS/c1-5-18-15(17)16(4)11-14(12(2)3)13-9-7-6-8-10-13/h6-10,12,14H,5,11H2,1-4H3. The lowest BCUT2D eigenvalue weighted by atomic mass is 9.88. The van der Waals surface area contributed by atoms with Gasteiger partial charge in [0.15, 0.2) is 0 Å². The number of hydrogen-bond donors (Lipinski definition) is 0. The van der Waals surface area contributed by atoms with Gasteiger partial charge in [-0.3, -0.25) is 4.79 Å². The Morgan fingerprint density at radius 3 is 2.39 bits per heavy atom. The van der Waals surface area contributed by atoms with Crippen LogP contribution in [0.15, 0.2) is 30.3 Å². The second-order valence-electron chi connectivity index (χ2n) is 4.84. The highest BCUT2D eigenvalue weighted by Crippen LogP contribution is 2.25. The summed E-state index contributed by atoms with van der Waals surface area (Å²) in [4.78, 5) is 13.7. The van der Waals surface area contributed by atoms with Gasteiger partial charge in [0.1, 0.15) is 0 Å². The number of benzene rings is 1. The largest absolute Gasteiger partial charge is 0.336 e. The summed E-state index contributed by atoms with van der Waals surface area (Å²) in [5.41, 5.74) is 1.31. The topological polar surface area (TPSA) is 20.3 Å². The minimum Gasteiger partial charge on any atom is -0.336 e. The van der Waals surface area contributed by atoms with Crippen molar-refractivity contribution in [3.8, 4) is 0 Å². The predicted octanol–water partition coefficient (Wildman–Crippen LogP) is 4.23. The Kier molecular flexibility index (Phi) is 6.27. The molecule has 0 N–H and O–H groups in total. The van der Waals surface area contributed by atoms with Crippen LogP contribution in [0.1, 0.15) is 32.3 Å². The van der Waals surface area contributed by atoms with E-state index in [0.717, 1.165) is 12.3 Å². The predicted molar refractivity (Wildman–Crippen MR) is 80.2 cm³/mol. The molecule has 1 atom stereocenters. The van der Waals surface area contributed by atoms with Crippen LogP contribution in [0.2, 0.25) is 0 Å². The molecule has 3 heteroatoms. The fourth-order valence-electron chi connectivity index (χ4n) is 2.00. The van der Waals surface area contributed by atoms with Gasteiger partial charge in [-0.1, -0.05) is 62.9 Å². The van der Waals surface area contributed by atoms with E-state index in [1.807, 2.05) is 24.9 Å². The molecule has 0 fully saturated rings. The summed E-state index contributed by atoms with van der Waals surface area (Å²) >= 11 is 1.38. The van der Waals surface area contributed by atoms with E-state index >= 15 is 0 Å². The van der Waals surface area contributed by atoms with Gasteiger partial charge in [-0.05, 0) is 17.2 Å². The monoisotopic (exact) mass is 265 g/mol. The van der Waals surface area contributed by atoms with Gasteiger partial charge in [0, 0.05) is 19.5 Å². The molecule has 0 spiro atoms. The molecule has 1 rings (SSSR count). The summed E-state index contributed by atoms with van der Waals surface area (Å²) in [7, 11) is 1.89. The maximum Gasteiger partial charge on any atom is 0.281 e. The fourth-order valence-corrected chi connectivity index (χ4v) is 2.55. The number of thioether (sulfide) groups is 1.